The number of aromatic nitrogens is 4. The lowest BCUT2D eigenvalue weighted by Crippen LogP contribution is -2.37. The van der Waals surface area contributed by atoms with E-state index in [-0.39, 0.29) is 5.91 Å². The first-order valence-corrected chi connectivity index (χ1v) is 14.2. The van der Waals surface area contributed by atoms with Gasteiger partial charge in [-0.3, -0.25) is 9.36 Å². The number of piperidine rings is 1. The van der Waals surface area contributed by atoms with E-state index in [4.69, 9.17) is 0 Å². The Bertz CT molecular complexity index is 1250. The van der Waals surface area contributed by atoms with Crippen LogP contribution in [-0.2, 0) is 12.2 Å². The SMILES string of the molecule is O=C(NCCN1CCCCC1)c1csc(CSc2nnc(Cc3ccccc3)n2-c2ccccc2)n1. The van der Waals surface area contributed by atoms with Crippen LogP contribution in [0.1, 0.15) is 46.1 Å². The molecule has 7 nitrogen and oxygen atoms in total. The van der Waals surface area contributed by atoms with E-state index in [2.05, 4.69) is 54.2 Å². The number of nitrogens with zero attached hydrogens (tertiary/aromatic N) is 5. The summed E-state index contributed by atoms with van der Waals surface area (Å²) in [5.41, 5.74) is 2.71. The van der Waals surface area contributed by atoms with Crippen molar-refractivity contribution in [1.29, 1.82) is 0 Å². The number of likely N-dealkylation sites (tertiary alicyclic amines) is 1. The summed E-state index contributed by atoms with van der Waals surface area (Å²) in [4.78, 5) is 19.6. The van der Waals surface area contributed by atoms with Crippen molar-refractivity contribution in [3.8, 4) is 5.69 Å². The maximum Gasteiger partial charge on any atom is 0.270 e. The molecule has 0 aliphatic carbocycles. The molecule has 1 N–H and O–H groups in total. The number of para-hydroxylation sites is 1. The fourth-order valence-corrected chi connectivity index (χ4v) is 6.09. The van der Waals surface area contributed by atoms with Gasteiger partial charge in [-0.05, 0) is 43.6 Å². The molecule has 0 unspecified atom stereocenters. The minimum Gasteiger partial charge on any atom is -0.349 e. The highest BCUT2D eigenvalue weighted by Crippen LogP contribution is 2.27. The lowest BCUT2D eigenvalue weighted by Gasteiger charge is -2.26. The van der Waals surface area contributed by atoms with E-state index in [0.717, 1.165) is 41.3 Å². The van der Waals surface area contributed by atoms with Crippen LogP contribution in [0, 0.1) is 0 Å². The second-order valence-corrected chi connectivity index (χ2v) is 10.7. The van der Waals surface area contributed by atoms with Crippen LogP contribution in [0.25, 0.3) is 5.69 Å². The summed E-state index contributed by atoms with van der Waals surface area (Å²) >= 11 is 3.10. The molecule has 0 saturated carbocycles. The molecule has 0 bridgehead atoms. The maximum atomic E-state index is 12.6. The second kappa shape index (κ2) is 12.3. The molecule has 1 aliphatic rings. The average Bonchev–Trinajstić information content (AvgIpc) is 3.56. The Balaban J connectivity index is 1.22. The number of hydrogen-bond donors (Lipinski definition) is 1. The number of carbonyl (C=O) groups is 1. The van der Waals surface area contributed by atoms with Gasteiger partial charge in [-0.15, -0.1) is 21.5 Å². The molecule has 2 aromatic carbocycles. The van der Waals surface area contributed by atoms with E-state index in [1.165, 1.54) is 36.2 Å². The van der Waals surface area contributed by atoms with Crippen molar-refractivity contribution in [1.82, 2.24) is 30.0 Å². The molecule has 3 heterocycles. The molecule has 186 valence electrons. The predicted molar refractivity (Wildman–Crippen MR) is 145 cm³/mol. The number of carbonyl (C=O) groups excluding carboxylic acids is 1. The molecule has 36 heavy (non-hydrogen) atoms. The molecule has 5 rings (SSSR count). The van der Waals surface area contributed by atoms with Crippen LogP contribution in [0.5, 0.6) is 0 Å². The summed E-state index contributed by atoms with van der Waals surface area (Å²) < 4.78 is 2.11. The number of benzene rings is 2. The first-order chi connectivity index (χ1) is 17.8. The van der Waals surface area contributed by atoms with Gasteiger partial charge in [0, 0.05) is 30.6 Å². The van der Waals surface area contributed by atoms with E-state index in [0.29, 0.717) is 24.4 Å². The summed E-state index contributed by atoms with van der Waals surface area (Å²) in [7, 11) is 0. The zero-order valence-electron chi connectivity index (χ0n) is 20.2. The van der Waals surface area contributed by atoms with Gasteiger partial charge in [0.05, 0.1) is 5.75 Å². The van der Waals surface area contributed by atoms with Crippen molar-refractivity contribution in [2.45, 2.75) is 36.6 Å². The van der Waals surface area contributed by atoms with E-state index in [1.807, 2.05) is 41.8 Å². The Hall–Kier alpha value is -3.01. The monoisotopic (exact) mass is 518 g/mol. The fourth-order valence-electron chi connectivity index (χ4n) is 4.33. The van der Waals surface area contributed by atoms with Crippen molar-refractivity contribution in [3.63, 3.8) is 0 Å². The van der Waals surface area contributed by atoms with E-state index >= 15 is 0 Å². The largest absolute Gasteiger partial charge is 0.349 e. The van der Waals surface area contributed by atoms with Crippen LogP contribution in [0.2, 0.25) is 0 Å². The van der Waals surface area contributed by atoms with E-state index < -0.39 is 0 Å². The van der Waals surface area contributed by atoms with Crippen molar-refractivity contribution in [3.05, 3.63) is 88.1 Å². The summed E-state index contributed by atoms with van der Waals surface area (Å²) in [6.07, 6.45) is 4.53. The van der Waals surface area contributed by atoms with Gasteiger partial charge < -0.3 is 10.2 Å². The Morgan fingerprint density at radius 1 is 0.972 bits per heavy atom. The molecule has 9 heteroatoms. The summed E-state index contributed by atoms with van der Waals surface area (Å²) in [6.45, 7) is 3.83. The summed E-state index contributed by atoms with van der Waals surface area (Å²) in [5.74, 6) is 1.42. The fraction of sp³-hybridized carbons (Fsp3) is 0.333. The van der Waals surface area contributed by atoms with Gasteiger partial charge in [-0.2, -0.15) is 0 Å². The quantitative estimate of drug-likeness (QED) is 0.303. The maximum absolute atomic E-state index is 12.6. The molecule has 1 saturated heterocycles. The van der Waals surface area contributed by atoms with Gasteiger partial charge in [0.1, 0.15) is 16.5 Å². The third-order valence-electron chi connectivity index (χ3n) is 6.19. The Kier molecular flexibility index (Phi) is 8.43. The number of nitrogens with one attached hydrogen (secondary N) is 1. The molecular formula is C27H30N6OS2. The molecule has 0 spiro atoms. The van der Waals surface area contributed by atoms with Gasteiger partial charge >= 0.3 is 0 Å². The van der Waals surface area contributed by atoms with Gasteiger partial charge in [-0.25, -0.2) is 4.98 Å². The van der Waals surface area contributed by atoms with Gasteiger partial charge in [-0.1, -0.05) is 66.7 Å². The molecule has 0 radical (unpaired) electrons. The molecule has 1 amide bonds. The average molecular weight is 519 g/mol. The molecule has 0 atom stereocenters. The highest BCUT2D eigenvalue weighted by molar-refractivity contribution is 7.98. The number of amides is 1. The van der Waals surface area contributed by atoms with Crippen LogP contribution < -0.4 is 5.32 Å². The van der Waals surface area contributed by atoms with Gasteiger partial charge in [0.2, 0.25) is 0 Å². The Labute approximate surface area is 220 Å². The number of rotatable bonds is 10. The predicted octanol–water partition coefficient (Wildman–Crippen LogP) is 4.82. The standard InChI is InChI=1S/C27H30N6OS2/c34-26(28-14-17-32-15-8-3-9-16-32)23-19-35-25(29-23)20-36-27-31-30-24(18-21-10-4-1-5-11-21)33(27)22-12-6-2-7-13-22/h1-2,4-7,10-13,19H,3,8-9,14-18,20H2,(H,28,34). The minimum absolute atomic E-state index is 0.0999. The normalized spacial score (nSPS) is 14.1. The van der Waals surface area contributed by atoms with Crippen molar-refractivity contribution >= 4 is 29.0 Å². The second-order valence-electron chi connectivity index (χ2n) is 8.81. The topological polar surface area (TPSA) is 75.9 Å². The van der Waals surface area contributed by atoms with Crippen LogP contribution in [0.15, 0.2) is 71.2 Å². The minimum atomic E-state index is -0.0999. The lowest BCUT2D eigenvalue weighted by atomic mass is 10.1. The van der Waals surface area contributed by atoms with Crippen molar-refractivity contribution in [2.24, 2.45) is 0 Å². The zero-order chi connectivity index (χ0) is 24.6. The summed E-state index contributed by atoms with van der Waals surface area (Å²) in [6, 6.07) is 20.5. The van der Waals surface area contributed by atoms with Crippen molar-refractivity contribution < 1.29 is 4.79 Å². The van der Waals surface area contributed by atoms with E-state index in [1.54, 1.807) is 11.8 Å². The number of thioether (sulfide) groups is 1. The summed E-state index contributed by atoms with van der Waals surface area (Å²) in [5, 5.41) is 15.6. The number of thiazole rings is 1. The lowest BCUT2D eigenvalue weighted by molar-refractivity contribution is 0.0942. The van der Waals surface area contributed by atoms with Gasteiger partial charge in [0.15, 0.2) is 5.16 Å². The van der Waals surface area contributed by atoms with Crippen molar-refractivity contribution in [2.75, 3.05) is 26.2 Å². The highest BCUT2D eigenvalue weighted by Gasteiger charge is 2.17. The Morgan fingerprint density at radius 3 is 2.50 bits per heavy atom. The first kappa shape index (κ1) is 24.7. The van der Waals surface area contributed by atoms with Crippen LogP contribution >= 0.6 is 23.1 Å². The molecule has 2 aromatic heterocycles. The van der Waals surface area contributed by atoms with E-state index in [9.17, 15) is 4.79 Å². The smallest absolute Gasteiger partial charge is 0.270 e. The molecule has 1 aliphatic heterocycles. The Morgan fingerprint density at radius 2 is 1.72 bits per heavy atom. The highest BCUT2D eigenvalue weighted by atomic mass is 32.2. The zero-order valence-corrected chi connectivity index (χ0v) is 21.8. The van der Waals surface area contributed by atoms with Crippen LogP contribution in [0.3, 0.4) is 0 Å². The molecule has 1 fully saturated rings. The van der Waals surface area contributed by atoms with Crippen LogP contribution in [-0.4, -0.2) is 56.7 Å². The molecule has 4 aromatic rings. The van der Waals surface area contributed by atoms with Crippen LogP contribution in [0.4, 0.5) is 0 Å². The number of hydrogen-bond acceptors (Lipinski definition) is 7. The molecular weight excluding hydrogens is 488 g/mol. The van der Waals surface area contributed by atoms with Gasteiger partial charge in [0.25, 0.3) is 5.91 Å². The first-order valence-electron chi connectivity index (χ1n) is 12.4. The third kappa shape index (κ3) is 6.40. The third-order valence-corrected chi connectivity index (χ3v) is 8.16.